The summed E-state index contributed by atoms with van der Waals surface area (Å²) in [6.45, 7) is 0.125. The predicted molar refractivity (Wildman–Crippen MR) is 114 cm³/mol. The van der Waals surface area contributed by atoms with Gasteiger partial charge in [0, 0.05) is 0 Å². The number of aromatic nitrogens is 2. The zero-order chi connectivity index (χ0) is 20.5. The number of anilines is 1. The highest BCUT2D eigenvalue weighted by Crippen LogP contribution is 2.13. The molecule has 0 spiro atoms. The summed E-state index contributed by atoms with van der Waals surface area (Å²) in [5.74, 6) is -0.379. The van der Waals surface area contributed by atoms with E-state index >= 15 is 0 Å². The second kappa shape index (κ2) is 10.5. The third-order valence-corrected chi connectivity index (χ3v) is 5.06. The van der Waals surface area contributed by atoms with E-state index in [2.05, 4.69) is 20.8 Å². The maximum atomic E-state index is 12.7. The van der Waals surface area contributed by atoms with Crippen LogP contribution in [0.5, 0.6) is 0 Å². The third kappa shape index (κ3) is 6.81. The molecule has 29 heavy (non-hydrogen) atoms. The van der Waals surface area contributed by atoms with Crippen LogP contribution in [0.3, 0.4) is 0 Å². The Kier molecular flexibility index (Phi) is 7.48. The van der Waals surface area contributed by atoms with Gasteiger partial charge in [-0.2, -0.15) is 0 Å². The van der Waals surface area contributed by atoms with E-state index in [1.165, 1.54) is 0 Å². The van der Waals surface area contributed by atoms with Gasteiger partial charge < -0.3 is 10.1 Å². The zero-order valence-electron chi connectivity index (χ0n) is 15.5. The van der Waals surface area contributed by atoms with Crippen LogP contribution in [0, 0.1) is 3.95 Å². The molecule has 2 aromatic carbocycles. The minimum absolute atomic E-state index is 0.125. The number of aryl methyl sites for hydroxylation is 1. The Morgan fingerprint density at radius 3 is 2.34 bits per heavy atom. The Morgan fingerprint density at radius 1 is 1.07 bits per heavy atom. The lowest BCUT2D eigenvalue weighted by Crippen LogP contribution is -2.44. The normalized spacial score (nSPS) is 11.4. The number of aromatic amines is 1. The second-order valence-corrected chi connectivity index (χ2v) is 7.86. The molecule has 2 amide bonds. The maximum absolute atomic E-state index is 12.7. The maximum Gasteiger partial charge on any atom is 0.408 e. The summed E-state index contributed by atoms with van der Waals surface area (Å²) in [5, 5.41) is 12.2. The molecule has 0 bridgehead atoms. The molecule has 0 unspecified atom stereocenters. The number of carbonyl (C=O) groups excluding carboxylic acids is 2. The largest absolute Gasteiger partial charge is 0.445 e. The minimum Gasteiger partial charge on any atom is -0.445 e. The van der Waals surface area contributed by atoms with Gasteiger partial charge in [0.2, 0.25) is 11.0 Å². The first-order chi connectivity index (χ1) is 14.1. The van der Waals surface area contributed by atoms with Gasteiger partial charge in [-0.25, -0.2) is 4.79 Å². The van der Waals surface area contributed by atoms with Gasteiger partial charge in [-0.05, 0) is 36.2 Å². The summed E-state index contributed by atoms with van der Waals surface area (Å²) in [7, 11) is 0. The Morgan fingerprint density at radius 2 is 1.72 bits per heavy atom. The van der Waals surface area contributed by atoms with Crippen molar-refractivity contribution in [2.45, 2.75) is 25.5 Å². The summed E-state index contributed by atoms with van der Waals surface area (Å²) < 4.78 is 5.70. The van der Waals surface area contributed by atoms with Gasteiger partial charge in [-0.1, -0.05) is 72.0 Å². The lowest BCUT2D eigenvalue weighted by molar-refractivity contribution is -0.118. The number of benzene rings is 2. The van der Waals surface area contributed by atoms with E-state index in [0.29, 0.717) is 21.9 Å². The van der Waals surface area contributed by atoms with Gasteiger partial charge in [0.05, 0.1) is 0 Å². The Labute approximate surface area is 177 Å². The molecule has 0 radical (unpaired) electrons. The summed E-state index contributed by atoms with van der Waals surface area (Å²) >= 11 is 6.12. The first-order valence-corrected chi connectivity index (χ1v) is 10.2. The van der Waals surface area contributed by atoms with Gasteiger partial charge in [0.25, 0.3) is 0 Å². The van der Waals surface area contributed by atoms with E-state index < -0.39 is 12.1 Å². The number of carbonyl (C=O) groups is 2. The van der Waals surface area contributed by atoms with Gasteiger partial charge in [0.15, 0.2) is 3.95 Å². The highest BCUT2D eigenvalue weighted by Gasteiger charge is 2.22. The predicted octanol–water partition coefficient (Wildman–Crippen LogP) is 4.07. The Hall–Kier alpha value is -3.04. The third-order valence-electron chi connectivity index (χ3n) is 4.05. The van der Waals surface area contributed by atoms with Crippen molar-refractivity contribution in [2.24, 2.45) is 0 Å². The molecule has 1 heterocycles. The molecule has 0 saturated carbocycles. The van der Waals surface area contributed by atoms with Crippen molar-refractivity contribution in [3.8, 4) is 0 Å². The van der Waals surface area contributed by atoms with Crippen molar-refractivity contribution in [3.63, 3.8) is 0 Å². The van der Waals surface area contributed by atoms with E-state index in [1.54, 1.807) is 0 Å². The van der Waals surface area contributed by atoms with Gasteiger partial charge in [-0.15, -0.1) is 5.10 Å². The SMILES string of the molecule is O=C(N[C@H](CCc1ccccc1)C(=O)Nc1n[nH]c(=S)s1)OCc1ccccc1. The lowest BCUT2D eigenvalue weighted by atomic mass is 10.0. The quantitative estimate of drug-likeness (QED) is 0.470. The number of ether oxygens (including phenoxy) is 1. The number of hydrogen-bond acceptors (Lipinski definition) is 6. The van der Waals surface area contributed by atoms with Crippen LogP contribution >= 0.6 is 23.6 Å². The zero-order valence-corrected chi connectivity index (χ0v) is 17.1. The van der Waals surface area contributed by atoms with Crippen molar-refractivity contribution in [1.29, 1.82) is 0 Å². The van der Waals surface area contributed by atoms with E-state index in [4.69, 9.17) is 17.0 Å². The standard InChI is InChI=1S/C20H20N4O3S2/c25-17(22-18-23-24-20(28)29-18)16(12-11-14-7-3-1-4-8-14)21-19(26)27-13-15-9-5-2-6-10-15/h1-10,16H,11-13H2,(H,21,26)(H,24,28)(H,22,23,25)/t16-/m1/s1. The van der Waals surface area contributed by atoms with Gasteiger partial charge in [0.1, 0.15) is 12.6 Å². The molecule has 9 heteroatoms. The minimum atomic E-state index is -0.782. The van der Waals surface area contributed by atoms with Crippen molar-refractivity contribution in [2.75, 3.05) is 5.32 Å². The van der Waals surface area contributed by atoms with Gasteiger partial charge >= 0.3 is 6.09 Å². The smallest absolute Gasteiger partial charge is 0.408 e. The molecule has 0 saturated heterocycles. The molecule has 150 valence electrons. The monoisotopic (exact) mass is 428 g/mol. The molecular weight excluding hydrogens is 408 g/mol. The number of H-pyrrole nitrogens is 1. The van der Waals surface area contributed by atoms with E-state index in [0.717, 1.165) is 22.5 Å². The molecular formula is C20H20N4O3S2. The molecule has 0 aliphatic heterocycles. The summed E-state index contributed by atoms with van der Waals surface area (Å²) in [5.41, 5.74) is 1.93. The van der Waals surface area contributed by atoms with Crippen molar-refractivity contribution in [1.82, 2.24) is 15.5 Å². The fraction of sp³-hybridized carbons (Fsp3) is 0.200. The van der Waals surface area contributed by atoms with Crippen LogP contribution in [-0.2, 0) is 22.6 Å². The van der Waals surface area contributed by atoms with Crippen LogP contribution in [0.4, 0.5) is 9.93 Å². The number of alkyl carbamates (subject to hydrolysis) is 1. The molecule has 3 N–H and O–H groups in total. The average Bonchev–Trinajstić information content (AvgIpc) is 3.15. The summed E-state index contributed by atoms with van der Waals surface area (Å²) in [4.78, 5) is 24.9. The molecule has 7 nitrogen and oxygen atoms in total. The topological polar surface area (TPSA) is 96.1 Å². The van der Waals surface area contributed by atoms with Crippen molar-refractivity contribution in [3.05, 3.63) is 75.7 Å². The van der Waals surface area contributed by atoms with E-state index in [1.807, 2.05) is 60.7 Å². The van der Waals surface area contributed by atoms with Crippen molar-refractivity contribution < 1.29 is 14.3 Å². The van der Waals surface area contributed by atoms with Crippen LogP contribution in [0.2, 0.25) is 0 Å². The van der Waals surface area contributed by atoms with Crippen LogP contribution in [0.15, 0.2) is 60.7 Å². The average molecular weight is 429 g/mol. The van der Waals surface area contributed by atoms with Gasteiger partial charge in [-0.3, -0.25) is 15.2 Å². The molecule has 0 fully saturated rings. The molecule has 0 aliphatic rings. The molecule has 1 aromatic heterocycles. The Bertz CT molecular complexity index is 989. The fourth-order valence-electron chi connectivity index (χ4n) is 2.61. The van der Waals surface area contributed by atoms with Crippen LogP contribution < -0.4 is 10.6 Å². The van der Waals surface area contributed by atoms with Crippen LogP contribution in [0.25, 0.3) is 0 Å². The summed E-state index contributed by atoms with van der Waals surface area (Å²) in [6, 6.07) is 18.3. The van der Waals surface area contributed by atoms with Crippen LogP contribution in [-0.4, -0.2) is 28.2 Å². The number of nitrogens with zero attached hydrogens (tertiary/aromatic N) is 1. The summed E-state index contributed by atoms with van der Waals surface area (Å²) in [6.07, 6.45) is 0.372. The Balaban J connectivity index is 1.61. The number of amides is 2. The van der Waals surface area contributed by atoms with Crippen LogP contribution in [0.1, 0.15) is 17.5 Å². The first-order valence-electron chi connectivity index (χ1n) is 8.97. The number of hydrogen-bond donors (Lipinski definition) is 3. The first kappa shape index (κ1) is 20.7. The number of nitrogens with one attached hydrogen (secondary N) is 3. The highest BCUT2D eigenvalue weighted by molar-refractivity contribution is 7.73. The van der Waals surface area contributed by atoms with E-state index in [-0.39, 0.29) is 12.5 Å². The van der Waals surface area contributed by atoms with E-state index in [9.17, 15) is 9.59 Å². The second-order valence-electron chi connectivity index (χ2n) is 6.19. The molecule has 3 rings (SSSR count). The lowest BCUT2D eigenvalue weighted by Gasteiger charge is -2.17. The fourth-order valence-corrected chi connectivity index (χ4v) is 3.40. The molecule has 1 atom stereocenters. The molecule has 0 aliphatic carbocycles. The number of rotatable bonds is 8. The van der Waals surface area contributed by atoms with Crippen molar-refractivity contribution >= 4 is 40.7 Å². The molecule has 3 aromatic rings. The highest BCUT2D eigenvalue weighted by atomic mass is 32.1.